The summed E-state index contributed by atoms with van der Waals surface area (Å²) in [6, 6.07) is 12.4. The predicted octanol–water partition coefficient (Wildman–Crippen LogP) is 5.12. The van der Waals surface area contributed by atoms with Crippen LogP contribution in [0.25, 0.3) is 33.4 Å². The maximum atomic E-state index is 12.2. The molecule has 1 saturated carbocycles. The summed E-state index contributed by atoms with van der Waals surface area (Å²) in [7, 11) is 3.64. The Morgan fingerprint density at radius 3 is 2.61 bits per heavy atom. The molecule has 1 N–H and O–H groups in total. The van der Waals surface area contributed by atoms with Crippen molar-refractivity contribution in [3.63, 3.8) is 0 Å². The van der Waals surface area contributed by atoms with Crippen LogP contribution in [0.3, 0.4) is 0 Å². The van der Waals surface area contributed by atoms with Crippen molar-refractivity contribution < 1.29 is 9.53 Å². The second-order valence-electron chi connectivity index (χ2n) is 8.76. The molecule has 0 bridgehead atoms. The fraction of sp³-hybridized carbons (Fsp3) is 0.308. The summed E-state index contributed by atoms with van der Waals surface area (Å²) in [4.78, 5) is 16.7. The van der Waals surface area contributed by atoms with Crippen LogP contribution in [0.15, 0.2) is 48.8 Å². The van der Waals surface area contributed by atoms with E-state index in [1.807, 2.05) is 54.2 Å². The number of imidazole rings is 1. The van der Waals surface area contributed by atoms with Crippen LogP contribution in [0.4, 0.5) is 5.69 Å². The van der Waals surface area contributed by atoms with Crippen molar-refractivity contribution in [2.24, 2.45) is 13.0 Å². The molecule has 0 unspecified atom stereocenters. The minimum absolute atomic E-state index is 0.0921. The molecule has 0 amide bonds. The van der Waals surface area contributed by atoms with E-state index in [1.54, 1.807) is 13.3 Å². The third-order valence-electron chi connectivity index (χ3n) is 6.39. The fourth-order valence-electron chi connectivity index (χ4n) is 4.32. The molecule has 0 aliphatic heterocycles. The third kappa shape index (κ3) is 3.95. The van der Waals surface area contributed by atoms with Crippen molar-refractivity contribution in [3.8, 4) is 28.3 Å². The lowest BCUT2D eigenvalue weighted by Gasteiger charge is -2.18. The van der Waals surface area contributed by atoms with Gasteiger partial charge in [0.05, 0.1) is 18.3 Å². The topological polar surface area (TPSA) is 81.9 Å². The number of carbonyl (C=O) groups excluding carboxylic acids is 1. The molecule has 0 spiro atoms. The van der Waals surface area contributed by atoms with E-state index in [0.717, 1.165) is 44.9 Å². The Morgan fingerprint density at radius 2 is 1.94 bits per heavy atom. The molecule has 2 aromatic carbocycles. The largest absolute Gasteiger partial charge is 0.496 e. The maximum absolute atomic E-state index is 12.2. The number of ether oxygens (including phenoxy) is 1. The van der Waals surface area contributed by atoms with Crippen molar-refractivity contribution in [3.05, 3.63) is 54.5 Å². The summed E-state index contributed by atoms with van der Waals surface area (Å²) < 4.78 is 7.70. The molecule has 7 heteroatoms. The van der Waals surface area contributed by atoms with Gasteiger partial charge in [0.25, 0.3) is 0 Å². The Labute approximate surface area is 192 Å². The molecular weight excluding hydrogens is 414 g/mol. The molecule has 1 atom stereocenters. The van der Waals surface area contributed by atoms with Gasteiger partial charge in [-0.25, -0.2) is 4.98 Å². The molecule has 1 fully saturated rings. The van der Waals surface area contributed by atoms with Crippen molar-refractivity contribution in [2.45, 2.75) is 32.7 Å². The highest BCUT2D eigenvalue weighted by molar-refractivity contribution is 6.06. The average Bonchev–Trinajstić information content (AvgIpc) is 3.59. The van der Waals surface area contributed by atoms with Gasteiger partial charge in [0.1, 0.15) is 11.6 Å². The minimum atomic E-state index is -0.0921. The molecule has 2 aromatic heterocycles. The van der Waals surface area contributed by atoms with E-state index in [2.05, 4.69) is 27.4 Å². The number of aryl methyl sites for hydroxylation is 1. The molecule has 33 heavy (non-hydrogen) atoms. The number of nitrogens with zero attached hydrogens (tertiary/aromatic N) is 4. The number of benzene rings is 2. The number of aromatic nitrogens is 4. The number of nitrogens with one attached hydrogen (secondary N) is 1. The molecular formula is C26H27N5O2. The van der Waals surface area contributed by atoms with Gasteiger partial charge in [-0.2, -0.15) is 0 Å². The maximum Gasteiger partial charge on any atom is 0.182 e. The number of carbonyl (C=O) groups is 1. The van der Waals surface area contributed by atoms with Gasteiger partial charge in [-0.05, 0) is 55.5 Å². The van der Waals surface area contributed by atoms with Gasteiger partial charge in [-0.15, -0.1) is 10.2 Å². The number of ketones is 1. The van der Waals surface area contributed by atoms with E-state index < -0.39 is 0 Å². The van der Waals surface area contributed by atoms with E-state index in [1.165, 1.54) is 19.8 Å². The monoisotopic (exact) mass is 441 g/mol. The zero-order valence-corrected chi connectivity index (χ0v) is 19.3. The van der Waals surface area contributed by atoms with Crippen LogP contribution in [0, 0.1) is 5.92 Å². The van der Waals surface area contributed by atoms with Crippen molar-refractivity contribution >= 4 is 22.4 Å². The Kier molecular flexibility index (Phi) is 5.32. The van der Waals surface area contributed by atoms with Gasteiger partial charge in [-0.1, -0.05) is 12.1 Å². The molecule has 1 aliphatic rings. The van der Waals surface area contributed by atoms with Crippen LogP contribution >= 0.6 is 0 Å². The van der Waals surface area contributed by atoms with Crippen LogP contribution in [0.2, 0.25) is 0 Å². The van der Waals surface area contributed by atoms with Crippen LogP contribution in [0.1, 0.15) is 37.2 Å². The van der Waals surface area contributed by atoms with Crippen LogP contribution in [-0.4, -0.2) is 38.7 Å². The Hall–Kier alpha value is -3.74. The summed E-state index contributed by atoms with van der Waals surface area (Å²) in [5.41, 5.74) is 4.80. The van der Waals surface area contributed by atoms with Crippen molar-refractivity contribution in [2.75, 3.05) is 12.4 Å². The first-order valence-electron chi connectivity index (χ1n) is 11.2. The number of rotatable bonds is 7. The second-order valence-corrected chi connectivity index (χ2v) is 8.76. The Morgan fingerprint density at radius 1 is 1.15 bits per heavy atom. The van der Waals surface area contributed by atoms with Gasteiger partial charge < -0.3 is 14.6 Å². The first-order valence-corrected chi connectivity index (χ1v) is 11.2. The summed E-state index contributed by atoms with van der Waals surface area (Å²) in [6.45, 7) is 3.70. The zero-order valence-electron chi connectivity index (χ0n) is 19.3. The lowest BCUT2D eigenvalue weighted by molar-refractivity contribution is 0.101. The van der Waals surface area contributed by atoms with Crippen molar-refractivity contribution in [1.29, 1.82) is 0 Å². The Bertz CT molecular complexity index is 1360. The average molecular weight is 442 g/mol. The summed E-state index contributed by atoms with van der Waals surface area (Å²) >= 11 is 0. The SMILES string of the molecule is COc1cc(-c2nccn2C)ccc1-c1ccc2c(N[C@H](C)C3CC3)c(C(C)=O)nnc2c1. The smallest absolute Gasteiger partial charge is 0.182 e. The number of Topliss-reactive ketones (excluding diaryl/α,β-unsaturated/α-hetero) is 1. The first-order chi connectivity index (χ1) is 16.0. The molecule has 0 radical (unpaired) electrons. The lowest BCUT2D eigenvalue weighted by atomic mass is 9.99. The highest BCUT2D eigenvalue weighted by Gasteiger charge is 2.29. The lowest BCUT2D eigenvalue weighted by Crippen LogP contribution is -2.20. The molecule has 168 valence electrons. The summed E-state index contributed by atoms with van der Waals surface area (Å²) in [6.07, 6.45) is 6.14. The van der Waals surface area contributed by atoms with Gasteiger partial charge in [0.15, 0.2) is 11.5 Å². The van der Waals surface area contributed by atoms with Crippen LogP contribution in [0.5, 0.6) is 5.75 Å². The van der Waals surface area contributed by atoms with E-state index >= 15 is 0 Å². The van der Waals surface area contributed by atoms with E-state index in [4.69, 9.17) is 4.74 Å². The standard InChI is InChI=1S/C26H27N5O2/c1-15(17-5-6-17)28-25-21-10-7-18(13-22(21)29-30-24(25)16(2)32)20-9-8-19(14-23(20)33-4)26-27-11-12-31(26)3/h7-15,17H,5-6H2,1-4H3,(H,28,29)/t15-/m1/s1. The highest BCUT2D eigenvalue weighted by Crippen LogP contribution is 2.38. The zero-order chi connectivity index (χ0) is 23.1. The molecule has 1 aliphatic carbocycles. The molecule has 4 aromatic rings. The molecule has 0 saturated heterocycles. The van der Waals surface area contributed by atoms with Crippen LogP contribution < -0.4 is 10.1 Å². The number of hydrogen-bond acceptors (Lipinski definition) is 6. The second kappa shape index (κ2) is 8.31. The molecule has 5 rings (SSSR count). The van der Waals surface area contributed by atoms with Crippen LogP contribution in [-0.2, 0) is 7.05 Å². The van der Waals surface area contributed by atoms with Crippen molar-refractivity contribution in [1.82, 2.24) is 19.7 Å². The van der Waals surface area contributed by atoms with Gasteiger partial charge in [0.2, 0.25) is 0 Å². The van der Waals surface area contributed by atoms with Gasteiger partial charge in [-0.3, -0.25) is 4.79 Å². The van der Waals surface area contributed by atoms with E-state index in [9.17, 15) is 4.79 Å². The van der Waals surface area contributed by atoms with E-state index in [-0.39, 0.29) is 11.8 Å². The predicted molar refractivity (Wildman–Crippen MR) is 130 cm³/mol. The summed E-state index contributed by atoms with van der Waals surface area (Å²) in [5, 5.41) is 13.1. The third-order valence-corrected chi connectivity index (χ3v) is 6.39. The molecule has 2 heterocycles. The van der Waals surface area contributed by atoms with Gasteiger partial charge in [0, 0.05) is 48.9 Å². The minimum Gasteiger partial charge on any atom is -0.496 e. The number of methoxy groups -OCH3 is 1. The number of fused-ring (bicyclic) bond motifs is 1. The highest BCUT2D eigenvalue weighted by atomic mass is 16.5. The number of hydrogen-bond donors (Lipinski definition) is 1. The fourth-order valence-corrected chi connectivity index (χ4v) is 4.32. The van der Waals surface area contributed by atoms with Gasteiger partial charge >= 0.3 is 0 Å². The summed E-state index contributed by atoms with van der Waals surface area (Å²) in [5.74, 6) is 2.18. The molecule has 7 nitrogen and oxygen atoms in total. The van der Waals surface area contributed by atoms with E-state index in [0.29, 0.717) is 11.6 Å². The Balaban J connectivity index is 1.57. The normalized spacial score (nSPS) is 14.3. The quantitative estimate of drug-likeness (QED) is 0.401. The first kappa shape index (κ1) is 21.1. The number of anilines is 1.